The van der Waals surface area contributed by atoms with Gasteiger partial charge in [0.25, 0.3) is 0 Å². The first-order valence-electron chi connectivity index (χ1n) is 4.73. The zero-order valence-corrected chi connectivity index (χ0v) is 10.2. The molecule has 1 fully saturated rings. The fourth-order valence-corrected chi connectivity index (χ4v) is 3.01. The van der Waals surface area contributed by atoms with Crippen molar-refractivity contribution in [2.45, 2.75) is 16.9 Å². The average Bonchev–Trinajstić information content (AvgIpc) is 2.39. The maximum Gasteiger partial charge on any atom is 0.310 e. The van der Waals surface area contributed by atoms with Crippen molar-refractivity contribution in [3.63, 3.8) is 0 Å². The number of ether oxygens (including phenoxy) is 1. The van der Waals surface area contributed by atoms with Crippen LogP contribution in [0.2, 0.25) is 0 Å². The van der Waals surface area contributed by atoms with Crippen LogP contribution in [0.25, 0.3) is 0 Å². The highest BCUT2D eigenvalue weighted by Gasteiger charge is 2.56. The summed E-state index contributed by atoms with van der Waals surface area (Å²) in [5.74, 6) is -0.526. The number of esters is 1. The summed E-state index contributed by atoms with van der Waals surface area (Å²) < 4.78 is 4.02. The topological polar surface area (TPSA) is 46.6 Å². The van der Waals surface area contributed by atoms with Gasteiger partial charge in [-0.1, -0.05) is 22.0 Å². The predicted octanol–water partition coefficient (Wildman–Crippen LogP) is 0.710. The van der Waals surface area contributed by atoms with Crippen molar-refractivity contribution in [2.24, 2.45) is 5.92 Å². The molecule has 3 unspecified atom stereocenters. The molecule has 1 saturated heterocycles. The SMILES string of the molecule is COC(=O)C1CC2(Br)C(=O)C=CC1N2C. The highest BCUT2D eigenvalue weighted by Crippen LogP contribution is 2.45. The van der Waals surface area contributed by atoms with Gasteiger partial charge in [0.15, 0.2) is 5.78 Å². The van der Waals surface area contributed by atoms with Crippen molar-refractivity contribution in [2.75, 3.05) is 14.2 Å². The normalized spacial score (nSPS) is 39.5. The lowest BCUT2D eigenvalue weighted by Crippen LogP contribution is -2.47. The van der Waals surface area contributed by atoms with Crippen molar-refractivity contribution in [1.29, 1.82) is 0 Å². The van der Waals surface area contributed by atoms with E-state index in [0.717, 1.165) is 0 Å². The van der Waals surface area contributed by atoms with Gasteiger partial charge in [-0.15, -0.1) is 0 Å². The summed E-state index contributed by atoms with van der Waals surface area (Å²) >= 11 is 3.42. The number of fused-ring (bicyclic) bond motifs is 2. The second-order valence-corrected chi connectivity index (χ2v) is 5.23. The van der Waals surface area contributed by atoms with E-state index < -0.39 is 4.45 Å². The molecular formula is C10H12BrNO3. The average molecular weight is 274 g/mol. The Morgan fingerprint density at radius 3 is 2.93 bits per heavy atom. The highest BCUT2D eigenvalue weighted by molar-refractivity contribution is 9.10. The number of likely N-dealkylation sites (N-methyl/N-ethyl adjacent to an activating group) is 1. The fraction of sp³-hybridized carbons (Fsp3) is 0.600. The lowest BCUT2D eigenvalue weighted by Gasteiger charge is -2.33. The number of nitrogens with zero attached hydrogens (tertiary/aromatic N) is 1. The first-order valence-corrected chi connectivity index (χ1v) is 5.52. The van der Waals surface area contributed by atoms with E-state index in [-0.39, 0.29) is 23.7 Å². The van der Waals surface area contributed by atoms with Crippen molar-refractivity contribution < 1.29 is 14.3 Å². The Kier molecular flexibility index (Phi) is 2.47. The van der Waals surface area contributed by atoms with E-state index in [2.05, 4.69) is 15.9 Å². The van der Waals surface area contributed by atoms with Crippen molar-refractivity contribution in [3.05, 3.63) is 12.2 Å². The number of rotatable bonds is 1. The van der Waals surface area contributed by atoms with Gasteiger partial charge in [0.05, 0.1) is 13.0 Å². The molecule has 0 saturated carbocycles. The highest BCUT2D eigenvalue weighted by atomic mass is 79.9. The lowest BCUT2D eigenvalue weighted by molar-refractivity contribution is -0.145. The Balaban J connectivity index is 2.35. The van der Waals surface area contributed by atoms with Gasteiger partial charge in [-0.25, -0.2) is 0 Å². The zero-order chi connectivity index (χ0) is 11.2. The van der Waals surface area contributed by atoms with E-state index in [1.54, 1.807) is 12.2 Å². The minimum Gasteiger partial charge on any atom is -0.469 e. The molecule has 3 atom stereocenters. The standard InChI is InChI=1S/C10H12BrNO3/c1-12-7-3-4-8(13)10(12,11)5-6(7)9(14)15-2/h3-4,6-7H,5H2,1-2H3. The molecule has 2 heterocycles. The molecule has 2 aliphatic heterocycles. The molecule has 0 aromatic carbocycles. The number of methoxy groups -OCH3 is 1. The number of hydrogen-bond acceptors (Lipinski definition) is 4. The Hall–Kier alpha value is -0.680. The number of carbonyl (C=O) groups is 2. The minimum atomic E-state index is -0.717. The van der Waals surface area contributed by atoms with Crippen molar-refractivity contribution in [1.82, 2.24) is 4.90 Å². The Labute approximate surface area is 96.4 Å². The van der Waals surface area contributed by atoms with E-state index in [1.807, 2.05) is 11.9 Å². The first kappa shape index (κ1) is 10.8. The molecule has 2 aliphatic rings. The van der Waals surface area contributed by atoms with Gasteiger partial charge in [-0.05, 0) is 19.5 Å². The van der Waals surface area contributed by atoms with Crippen molar-refractivity contribution >= 4 is 27.7 Å². The summed E-state index contributed by atoms with van der Waals surface area (Å²) in [5, 5.41) is 0. The molecule has 0 aliphatic carbocycles. The van der Waals surface area contributed by atoms with Gasteiger partial charge in [-0.3, -0.25) is 14.5 Å². The number of alkyl halides is 1. The van der Waals surface area contributed by atoms with Crippen LogP contribution in [-0.2, 0) is 14.3 Å². The van der Waals surface area contributed by atoms with Crippen LogP contribution in [0.3, 0.4) is 0 Å². The van der Waals surface area contributed by atoms with Gasteiger partial charge in [0.2, 0.25) is 0 Å². The van der Waals surface area contributed by atoms with Crippen LogP contribution >= 0.6 is 15.9 Å². The maximum absolute atomic E-state index is 11.7. The van der Waals surface area contributed by atoms with Gasteiger partial charge in [0.1, 0.15) is 4.45 Å². The maximum atomic E-state index is 11.7. The van der Waals surface area contributed by atoms with E-state index in [1.165, 1.54) is 7.11 Å². The van der Waals surface area contributed by atoms with Crippen LogP contribution < -0.4 is 0 Å². The predicted molar refractivity (Wildman–Crippen MR) is 57.5 cm³/mol. The number of ketones is 1. The van der Waals surface area contributed by atoms with Crippen LogP contribution in [-0.4, -0.2) is 41.3 Å². The third kappa shape index (κ3) is 1.37. The molecule has 15 heavy (non-hydrogen) atoms. The van der Waals surface area contributed by atoms with Crippen LogP contribution in [0.1, 0.15) is 6.42 Å². The van der Waals surface area contributed by atoms with Gasteiger partial charge >= 0.3 is 5.97 Å². The van der Waals surface area contributed by atoms with Crippen LogP contribution in [0, 0.1) is 5.92 Å². The Morgan fingerprint density at radius 1 is 1.73 bits per heavy atom. The van der Waals surface area contributed by atoms with Crippen LogP contribution in [0.5, 0.6) is 0 Å². The number of hydrogen-bond donors (Lipinski definition) is 0. The quantitative estimate of drug-likeness (QED) is 0.401. The molecule has 5 heteroatoms. The monoisotopic (exact) mass is 273 g/mol. The number of carbonyl (C=O) groups excluding carboxylic acids is 2. The molecule has 0 N–H and O–H groups in total. The van der Waals surface area contributed by atoms with E-state index in [0.29, 0.717) is 6.42 Å². The Morgan fingerprint density at radius 2 is 2.40 bits per heavy atom. The molecule has 0 radical (unpaired) electrons. The second kappa shape index (κ2) is 3.42. The molecule has 0 aromatic heterocycles. The molecular weight excluding hydrogens is 262 g/mol. The summed E-state index contributed by atoms with van der Waals surface area (Å²) in [6, 6.07) is -0.0467. The fourth-order valence-electron chi connectivity index (χ4n) is 2.29. The third-order valence-corrected chi connectivity index (χ3v) is 4.51. The molecule has 2 rings (SSSR count). The lowest BCUT2D eigenvalue weighted by atomic mass is 10.0. The third-order valence-electron chi connectivity index (χ3n) is 3.24. The first-order chi connectivity index (χ1) is 7.00. The Bertz CT molecular complexity index is 355. The molecule has 0 amide bonds. The molecule has 82 valence electrons. The van der Waals surface area contributed by atoms with Gasteiger partial charge < -0.3 is 4.74 Å². The summed E-state index contributed by atoms with van der Waals surface area (Å²) in [5.41, 5.74) is 0. The zero-order valence-electron chi connectivity index (χ0n) is 8.57. The van der Waals surface area contributed by atoms with Crippen molar-refractivity contribution in [3.8, 4) is 0 Å². The number of halogens is 1. The second-order valence-electron chi connectivity index (χ2n) is 3.92. The summed E-state index contributed by atoms with van der Waals surface area (Å²) in [4.78, 5) is 25.1. The van der Waals surface area contributed by atoms with Crippen LogP contribution in [0.15, 0.2) is 12.2 Å². The summed E-state index contributed by atoms with van der Waals surface area (Å²) in [6.45, 7) is 0. The molecule has 0 aromatic rings. The summed E-state index contributed by atoms with van der Waals surface area (Å²) in [7, 11) is 3.21. The minimum absolute atomic E-state index is 0.00680. The largest absolute Gasteiger partial charge is 0.469 e. The molecule has 4 nitrogen and oxygen atoms in total. The summed E-state index contributed by atoms with van der Waals surface area (Å²) in [6.07, 6.45) is 3.78. The van der Waals surface area contributed by atoms with E-state index in [4.69, 9.17) is 4.74 Å². The molecule has 0 spiro atoms. The van der Waals surface area contributed by atoms with Gasteiger partial charge in [0, 0.05) is 6.04 Å². The molecule has 2 bridgehead atoms. The van der Waals surface area contributed by atoms with E-state index >= 15 is 0 Å². The van der Waals surface area contributed by atoms with Gasteiger partial charge in [-0.2, -0.15) is 0 Å². The smallest absolute Gasteiger partial charge is 0.310 e. The van der Waals surface area contributed by atoms with Crippen LogP contribution in [0.4, 0.5) is 0 Å². The van der Waals surface area contributed by atoms with E-state index in [9.17, 15) is 9.59 Å².